The molecule has 0 bridgehead atoms. The maximum atomic E-state index is 4.34. The molecule has 2 heteroatoms. The van der Waals surface area contributed by atoms with Gasteiger partial charge in [0.1, 0.15) is 0 Å². The van der Waals surface area contributed by atoms with E-state index in [1.807, 2.05) is 37.3 Å². The molecule has 0 unspecified atom stereocenters. The summed E-state index contributed by atoms with van der Waals surface area (Å²) >= 11 is 0. The minimum atomic E-state index is 0. The average molecular weight is 231 g/mol. The molecule has 0 spiro atoms. The quantitative estimate of drug-likeness (QED) is 0.634. The topological polar surface area (TPSA) is 12.9 Å². The number of aromatic nitrogens is 1. The van der Waals surface area contributed by atoms with Gasteiger partial charge in [0.25, 0.3) is 0 Å². The maximum Gasteiger partial charge on any atom is 0.0174 e. The van der Waals surface area contributed by atoms with Crippen molar-refractivity contribution in [1.82, 2.24) is 4.98 Å². The molecule has 0 aliphatic heterocycles. The molecule has 0 amide bonds. The standard InChI is InChI=1S/C10H8N.Y/c1-8-6-7-9-4-2-3-5-10(9)11-8;/h2-3,5-7H,1H3;/q-1;. The van der Waals surface area contributed by atoms with Crippen molar-refractivity contribution in [3.63, 3.8) is 0 Å². The molecule has 1 radical (unpaired) electrons. The largest absolute Gasteiger partial charge is 0.303 e. The van der Waals surface area contributed by atoms with Crippen molar-refractivity contribution in [3.05, 3.63) is 42.1 Å². The van der Waals surface area contributed by atoms with Gasteiger partial charge in [0.2, 0.25) is 0 Å². The Balaban J connectivity index is 0.000000720. The van der Waals surface area contributed by atoms with Gasteiger partial charge in [0.05, 0.1) is 0 Å². The summed E-state index contributed by atoms with van der Waals surface area (Å²) in [6, 6.07) is 13.0. The van der Waals surface area contributed by atoms with Crippen LogP contribution >= 0.6 is 0 Å². The SMILES string of the molecule is Cc1ccc2[c-]cccc2n1.[Y]. The number of fused-ring (bicyclic) bond motifs is 1. The zero-order valence-electron chi connectivity index (χ0n) is 6.91. The Kier molecular flexibility index (Phi) is 3.36. The molecule has 0 saturated heterocycles. The fraction of sp³-hybridized carbons (Fsp3) is 0.100. The third-order valence-corrected chi connectivity index (χ3v) is 1.65. The number of benzene rings is 1. The summed E-state index contributed by atoms with van der Waals surface area (Å²) < 4.78 is 0. The van der Waals surface area contributed by atoms with Crippen molar-refractivity contribution in [2.75, 3.05) is 0 Å². The van der Waals surface area contributed by atoms with Crippen LogP contribution in [0, 0.1) is 13.0 Å². The number of aryl methyl sites for hydroxylation is 1. The summed E-state index contributed by atoms with van der Waals surface area (Å²) in [5, 5.41) is 1.08. The molecule has 0 aliphatic carbocycles. The van der Waals surface area contributed by atoms with E-state index in [-0.39, 0.29) is 32.7 Å². The molecule has 1 heterocycles. The van der Waals surface area contributed by atoms with Crippen molar-refractivity contribution in [2.24, 2.45) is 0 Å². The van der Waals surface area contributed by atoms with Gasteiger partial charge in [0, 0.05) is 38.4 Å². The summed E-state index contributed by atoms with van der Waals surface area (Å²) in [6.07, 6.45) is 0. The fourth-order valence-electron chi connectivity index (χ4n) is 1.10. The van der Waals surface area contributed by atoms with Crippen LogP contribution in [0.2, 0.25) is 0 Å². The summed E-state index contributed by atoms with van der Waals surface area (Å²) in [6.45, 7) is 1.99. The van der Waals surface area contributed by atoms with Gasteiger partial charge in [-0.15, -0.1) is 35.7 Å². The Labute approximate surface area is 97.1 Å². The Hall–Kier alpha value is -0.266. The Bertz CT molecular complexity index is 384. The Morgan fingerprint density at radius 1 is 1.25 bits per heavy atom. The van der Waals surface area contributed by atoms with Crippen LogP contribution in [0.5, 0.6) is 0 Å². The number of rotatable bonds is 0. The van der Waals surface area contributed by atoms with Gasteiger partial charge in [-0.3, -0.25) is 0 Å². The van der Waals surface area contributed by atoms with E-state index in [0.717, 1.165) is 16.6 Å². The van der Waals surface area contributed by atoms with Gasteiger partial charge in [-0.25, -0.2) is 0 Å². The number of hydrogen-bond acceptors (Lipinski definition) is 1. The molecule has 1 aromatic heterocycles. The molecule has 2 rings (SSSR count). The first kappa shape index (κ1) is 9.82. The van der Waals surface area contributed by atoms with Crippen LogP contribution in [-0.2, 0) is 32.7 Å². The molecule has 0 fully saturated rings. The zero-order valence-corrected chi connectivity index (χ0v) is 9.75. The molecule has 0 N–H and O–H groups in total. The van der Waals surface area contributed by atoms with Crippen LogP contribution in [0.4, 0.5) is 0 Å². The van der Waals surface area contributed by atoms with E-state index < -0.39 is 0 Å². The molecule has 1 nitrogen and oxygen atoms in total. The van der Waals surface area contributed by atoms with Crippen LogP contribution in [0.1, 0.15) is 5.69 Å². The van der Waals surface area contributed by atoms with Crippen LogP contribution in [0.25, 0.3) is 10.9 Å². The fourth-order valence-corrected chi connectivity index (χ4v) is 1.10. The van der Waals surface area contributed by atoms with Gasteiger partial charge in [0.15, 0.2) is 0 Å². The summed E-state index contributed by atoms with van der Waals surface area (Å²) in [5.41, 5.74) is 2.07. The second kappa shape index (κ2) is 4.11. The van der Waals surface area contributed by atoms with Gasteiger partial charge in [-0.2, -0.15) is 0 Å². The Morgan fingerprint density at radius 3 is 2.92 bits per heavy atom. The van der Waals surface area contributed by atoms with Gasteiger partial charge >= 0.3 is 0 Å². The predicted molar refractivity (Wildman–Crippen MR) is 45.3 cm³/mol. The van der Waals surface area contributed by atoms with Crippen molar-refractivity contribution in [2.45, 2.75) is 6.92 Å². The van der Waals surface area contributed by atoms with Crippen LogP contribution < -0.4 is 0 Å². The second-order valence-corrected chi connectivity index (χ2v) is 2.56. The van der Waals surface area contributed by atoms with Crippen molar-refractivity contribution in [1.29, 1.82) is 0 Å². The predicted octanol–water partition coefficient (Wildman–Crippen LogP) is 2.34. The third kappa shape index (κ3) is 1.91. The monoisotopic (exact) mass is 231 g/mol. The average Bonchev–Trinajstić information content (AvgIpc) is 2.04. The first-order chi connectivity index (χ1) is 5.36. The van der Waals surface area contributed by atoms with Crippen molar-refractivity contribution in [3.8, 4) is 0 Å². The summed E-state index contributed by atoms with van der Waals surface area (Å²) in [4.78, 5) is 4.34. The summed E-state index contributed by atoms with van der Waals surface area (Å²) in [7, 11) is 0. The molecular formula is C10H8NY-. The first-order valence-corrected chi connectivity index (χ1v) is 3.60. The van der Waals surface area contributed by atoms with Gasteiger partial charge in [-0.1, -0.05) is 6.07 Å². The molecule has 0 atom stereocenters. The zero-order chi connectivity index (χ0) is 7.68. The van der Waals surface area contributed by atoms with Gasteiger partial charge < -0.3 is 4.98 Å². The normalized spacial score (nSPS) is 9.42. The minimum absolute atomic E-state index is 0. The van der Waals surface area contributed by atoms with E-state index in [1.54, 1.807) is 0 Å². The van der Waals surface area contributed by atoms with E-state index >= 15 is 0 Å². The number of nitrogens with zero attached hydrogens (tertiary/aromatic N) is 1. The van der Waals surface area contributed by atoms with E-state index in [4.69, 9.17) is 0 Å². The molecule has 57 valence electrons. The van der Waals surface area contributed by atoms with Crippen LogP contribution in [0.15, 0.2) is 30.3 Å². The van der Waals surface area contributed by atoms with Gasteiger partial charge in [-0.05, 0) is 12.4 Å². The first-order valence-electron chi connectivity index (χ1n) is 3.60. The van der Waals surface area contributed by atoms with E-state index in [0.29, 0.717) is 0 Å². The second-order valence-electron chi connectivity index (χ2n) is 2.56. The molecule has 12 heavy (non-hydrogen) atoms. The van der Waals surface area contributed by atoms with Crippen molar-refractivity contribution >= 4 is 10.9 Å². The van der Waals surface area contributed by atoms with Crippen molar-refractivity contribution < 1.29 is 32.7 Å². The van der Waals surface area contributed by atoms with Crippen LogP contribution in [-0.4, -0.2) is 4.98 Å². The molecule has 2 aromatic rings. The molecule has 0 saturated carbocycles. The third-order valence-electron chi connectivity index (χ3n) is 1.65. The van der Waals surface area contributed by atoms with E-state index in [1.165, 1.54) is 0 Å². The Morgan fingerprint density at radius 2 is 2.08 bits per heavy atom. The maximum absolute atomic E-state index is 4.34. The number of pyridine rings is 1. The summed E-state index contributed by atoms with van der Waals surface area (Å²) in [5.74, 6) is 0. The van der Waals surface area contributed by atoms with E-state index in [2.05, 4.69) is 11.1 Å². The van der Waals surface area contributed by atoms with E-state index in [9.17, 15) is 0 Å². The molecule has 0 aliphatic rings. The molecule has 1 aromatic carbocycles. The van der Waals surface area contributed by atoms with Crippen LogP contribution in [0.3, 0.4) is 0 Å². The minimum Gasteiger partial charge on any atom is -0.303 e. The number of hydrogen-bond donors (Lipinski definition) is 0. The smallest absolute Gasteiger partial charge is 0.0174 e. The molecular weight excluding hydrogens is 223 g/mol.